The predicted octanol–water partition coefficient (Wildman–Crippen LogP) is 4.40. The summed E-state index contributed by atoms with van der Waals surface area (Å²) in [7, 11) is -3.32. The van der Waals surface area contributed by atoms with Crippen LogP contribution in [0.3, 0.4) is 0 Å². The van der Waals surface area contributed by atoms with Crippen LogP contribution in [0.2, 0.25) is 0 Å². The molecule has 1 heterocycles. The number of para-hydroxylation sites is 1. The smallest absolute Gasteiger partial charge is 0.361 e. The molecular formula is C14H18NO3P. The summed E-state index contributed by atoms with van der Waals surface area (Å²) in [5.74, 6) is 0. The van der Waals surface area contributed by atoms with Crippen LogP contribution in [0.15, 0.2) is 37.0 Å². The lowest BCUT2D eigenvalue weighted by molar-refractivity contribution is 0.231. The zero-order valence-electron chi connectivity index (χ0n) is 11.2. The standard InChI is InChI=1S/C14H18NO3P/c1-4-17-19(16,18-5-2)11(3)13-10-15-14-9-7-6-8-12(13)14/h6-10,15H,3-5H2,1-2H3. The number of nitrogens with one attached hydrogen (secondary N) is 1. The topological polar surface area (TPSA) is 51.3 Å². The monoisotopic (exact) mass is 279 g/mol. The van der Waals surface area contributed by atoms with Crippen LogP contribution in [0.25, 0.3) is 16.2 Å². The summed E-state index contributed by atoms with van der Waals surface area (Å²) in [6, 6.07) is 7.78. The molecule has 0 saturated carbocycles. The number of hydrogen-bond acceptors (Lipinski definition) is 3. The summed E-state index contributed by atoms with van der Waals surface area (Å²) in [6.45, 7) is 8.13. The first-order valence-electron chi connectivity index (χ1n) is 6.27. The quantitative estimate of drug-likeness (QED) is 0.797. The van der Waals surface area contributed by atoms with Crippen LogP contribution in [0, 0.1) is 0 Å². The Morgan fingerprint density at radius 2 is 1.89 bits per heavy atom. The van der Waals surface area contributed by atoms with Crippen LogP contribution >= 0.6 is 7.60 Å². The molecular weight excluding hydrogens is 261 g/mol. The second-order valence-electron chi connectivity index (χ2n) is 4.03. The van der Waals surface area contributed by atoms with Crippen molar-refractivity contribution in [3.8, 4) is 0 Å². The van der Waals surface area contributed by atoms with Gasteiger partial charge in [-0.15, -0.1) is 0 Å². The fourth-order valence-corrected chi connectivity index (χ4v) is 3.54. The zero-order valence-corrected chi connectivity index (χ0v) is 12.1. The molecule has 2 aromatic rings. The number of H-pyrrole nitrogens is 1. The predicted molar refractivity (Wildman–Crippen MR) is 78.2 cm³/mol. The Bertz CT molecular complexity index is 622. The van der Waals surface area contributed by atoms with Crippen molar-refractivity contribution < 1.29 is 13.6 Å². The first kappa shape index (κ1) is 14.1. The zero-order chi connectivity index (χ0) is 13.9. The van der Waals surface area contributed by atoms with Crippen molar-refractivity contribution in [2.24, 2.45) is 0 Å². The van der Waals surface area contributed by atoms with E-state index in [0.29, 0.717) is 18.5 Å². The molecule has 102 valence electrons. The van der Waals surface area contributed by atoms with E-state index in [0.717, 1.165) is 16.5 Å². The van der Waals surface area contributed by atoms with E-state index in [1.807, 2.05) is 24.3 Å². The fraction of sp³-hybridized carbons (Fsp3) is 0.286. The SMILES string of the molecule is C=C(c1c[nH]c2ccccc12)P(=O)(OCC)OCC. The third-order valence-corrected chi connectivity index (χ3v) is 4.93. The Morgan fingerprint density at radius 1 is 1.26 bits per heavy atom. The molecule has 1 N–H and O–H groups in total. The van der Waals surface area contributed by atoms with Gasteiger partial charge in [-0.05, 0) is 19.9 Å². The molecule has 1 aromatic carbocycles. The maximum absolute atomic E-state index is 12.7. The first-order chi connectivity index (χ1) is 9.12. The van der Waals surface area contributed by atoms with Gasteiger partial charge in [0.25, 0.3) is 0 Å². The molecule has 0 fully saturated rings. The highest BCUT2D eigenvalue weighted by atomic mass is 31.2. The van der Waals surface area contributed by atoms with E-state index in [-0.39, 0.29) is 0 Å². The van der Waals surface area contributed by atoms with E-state index < -0.39 is 7.60 Å². The molecule has 1 aromatic heterocycles. The van der Waals surface area contributed by atoms with Crippen LogP contribution < -0.4 is 0 Å². The van der Waals surface area contributed by atoms with Crippen molar-refractivity contribution in [2.45, 2.75) is 13.8 Å². The summed E-state index contributed by atoms with van der Waals surface area (Å²) in [5, 5.41) is 1.36. The van der Waals surface area contributed by atoms with E-state index in [2.05, 4.69) is 11.6 Å². The van der Waals surface area contributed by atoms with Gasteiger partial charge in [0.1, 0.15) is 0 Å². The van der Waals surface area contributed by atoms with Crippen LogP contribution in [0.4, 0.5) is 0 Å². The highest BCUT2D eigenvalue weighted by Crippen LogP contribution is 2.60. The van der Waals surface area contributed by atoms with Gasteiger partial charge in [-0.1, -0.05) is 24.8 Å². The summed E-state index contributed by atoms with van der Waals surface area (Å²) < 4.78 is 23.3. The maximum Gasteiger partial charge on any atom is 0.361 e. The molecule has 0 amide bonds. The van der Waals surface area contributed by atoms with E-state index in [4.69, 9.17) is 9.05 Å². The van der Waals surface area contributed by atoms with E-state index in [9.17, 15) is 4.57 Å². The van der Waals surface area contributed by atoms with Gasteiger partial charge in [-0.3, -0.25) is 4.57 Å². The van der Waals surface area contributed by atoms with Gasteiger partial charge in [0.2, 0.25) is 0 Å². The minimum absolute atomic E-state index is 0.318. The molecule has 0 aliphatic rings. The van der Waals surface area contributed by atoms with Gasteiger partial charge in [-0.25, -0.2) is 0 Å². The number of benzene rings is 1. The summed E-state index contributed by atoms with van der Waals surface area (Å²) in [5.41, 5.74) is 1.75. The van der Waals surface area contributed by atoms with Crippen molar-refractivity contribution in [2.75, 3.05) is 13.2 Å². The van der Waals surface area contributed by atoms with Gasteiger partial charge in [0.15, 0.2) is 0 Å². The van der Waals surface area contributed by atoms with Gasteiger partial charge in [0.05, 0.1) is 18.5 Å². The summed E-state index contributed by atoms with van der Waals surface area (Å²) in [4.78, 5) is 3.13. The maximum atomic E-state index is 12.7. The molecule has 0 aliphatic heterocycles. The van der Waals surface area contributed by atoms with Crippen molar-refractivity contribution in [1.82, 2.24) is 4.98 Å². The highest BCUT2D eigenvalue weighted by molar-refractivity contribution is 7.65. The second kappa shape index (κ2) is 5.74. The van der Waals surface area contributed by atoms with Crippen molar-refractivity contribution in [1.29, 1.82) is 0 Å². The molecule has 0 atom stereocenters. The molecule has 19 heavy (non-hydrogen) atoms. The average molecular weight is 279 g/mol. The number of aromatic amines is 1. The second-order valence-corrected chi connectivity index (χ2v) is 6.08. The molecule has 0 spiro atoms. The van der Waals surface area contributed by atoms with Crippen molar-refractivity contribution in [3.63, 3.8) is 0 Å². The summed E-state index contributed by atoms with van der Waals surface area (Å²) in [6.07, 6.45) is 1.79. The Hall–Kier alpha value is -1.35. The molecule has 4 nitrogen and oxygen atoms in total. The normalized spacial score (nSPS) is 11.9. The van der Waals surface area contributed by atoms with Crippen LogP contribution in [0.1, 0.15) is 19.4 Å². The van der Waals surface area contributed by atoms with E-state index >= 15 is 0 Å². The third-order valence-electron chi connectivity index (χ3n) is 2.83. The Labute approximate surface area is 113 Å². The Balaban J connectivity index is 2.45. The molecule has 0 unspecified atom stereocenters. The summed E-state index contributed by atoms with van der Waals surface area (Å²) >= 11 is 0. The minimum atomic E-state index is -3.32. The molecule has 2 rings (SSSR count). The lowest BCUT2D eigenvalue weighted by Crippen LogP contribution is -1.97. The number of rotatable bonds is 6. The molecule has 0 radical (unpaired) electrons. The number of hydrogen-bond donors (Lipinski definition) is 1. The number of aromatic nitrogens is 1. The first-order valence-corrected chi connectivity index (χ1v) is 7.81. The molecule has 0 bridgehead atoms. The lowest BCUT2D eigenvalue weighted by atomic mass is 10.2. The third kappa shape index (κ3) is 2.66. The average Bonchev–Trinajstić information content (AvgIpc) is 2.82. The van der Waals surface area contributed by atoms with Gasteiger partial charge in [0, 0.05) is 22.7 Å². The van der Waals surface area contributed by atoms with Crippen LogP contribution in [0.5, 0.6) is 0 Å². The number of fused-ring (bicyclic) bond motifs is 1. The highest BCUT2D eigenvalue weighted by Gasteiger charge is 2.30. The van der Waals surface area contributed by atoms with Crippen molar-refractivity contribution in [3.05, 3.63) is 42.6 Å². The minimum Gasteiger partial charge on any atom is -0.361 e. The van der Waals surface area contributed by atoms with Gasteiger partial charge >= 0.3 is 7.60 Å². The van der Waals surface area contributed by atoms with Crippen LogP contribution in [-0.2, 0) is 13.6 Å². The van der Waals surface area contributed by atoms with Gasteiger partial charge < -0.3 is 14.0 Å². The molecule has 5 heteroatoms. The lowest BCUT2D eigenvalue weighted by Gasteiger charge is -2.18. The Kier molecular flexibility index (Phi) is 4.25. The van der Waals surface area contributed by atoms with E-state index in [1.165, 1.54) is 0 Å². The van der Waals surface area contributed by atoms with Crippen LogP contribution in [-0.4, -0.2) is 18.2 Å². The molecule has 0 aliphatic carbocycles. The van der Waals surface area contributed by atoms with E-state index in [1.54, 1.807) is 20.0 Å². The van der Waals surface area contributed by atoms with Gasteiger partial charge in [-0.2, -0.15) is 0 Å². The Morgan fingerprint density at radius 3 is 2.53 bits per heavy atom. The molecule has 0 saturated heterocycles. The fourth-order valence-electron chi connectivity index (χ4n) is 1.99. The largest absolute Gasteiger partial charge is 0.361 e. The van der Waals surface area contributed by atoms with Crippen molar-refractivity contribution >= 4 is 23.8 Å².